The average molecular weight is 273 g/mol. The fraction of sp³-hybridized carbons (Fsp3) is 0.267. The molecular weight excluding hydrogens is 254 g/mol. The van der Waals surface area contributed by atoms with Crippen LogP contribution in [0.2, 0.25) is 0 Å². The van der Waals surface area contributed by atoms with Crippen molar-refractivity contribution < 1.29 is 0 Å². The molecule has 100 valence electrons. The van der Waals surface area contributed by atoms with Crippen LogP contribution in [0.3, 0.4) is 0 Å². The summed E-state index contributed by atoms with van der Waals surface area (Å²) in [4.78, 5) is 4.39. The second-order valence-corrected chi connectivity index (χ2v) is 5.45. The summed E-state index contributed by atoms with van der Waals surface area (Å²) in [6.07, 6.45) is 0. The fourth-order valence-electron chi connectivity index (χ4n) is 1.72. The van der Waals surface area contributed by atoms with Crippen molar-refractivity contribution in [1.82, 2.24) is 0 Å². The molecule has 19 heavy (non-hydrogen) atoms. The van der Waals surface area contributed by atoms with Gasteiger partial charge in [-0.05, 0) is 41.4 Å². The van der Waals surface area contributed by atoms with Gasteiger partial charge in [-0.1, -0.05) is 24.6 Å². The minimum absolute atomic E-state index is 0.393. The van der Waals surface area contributed by atoms with Crippen molar-refractivity contribution in [2.24, 2.45) is 10.7 Å². The maximum Gasteiger partial charge on any atom is 0.193 e. The Kier molecular flexibility index (Phi) is 4.58. The molecule has 0 aliphatic carbocycles. The molecule has 0 saturated carbocycles. The Morgan fingerprint density at radius 1 is 1.32 bits per heavy atom. The molecule has 0 radical (unpaired) electrons. The van der Waals surface area contributed by atoms with E-state index < -0.39 is 0 Å². The van der Waals surface area contributed by atoms with Gasteiger partial charge >= 0.3 is 0 Å². The first-order valence-corrected chi connectivity index (χ1v) is 7.25. The molecule has 1 unspecified atom stereocenters. The molecule has 0 spiro atoms. The van der Waals surface area contributed by atoms with Crippen LogP contribution in [0.1, 0.15) is 24.0 Å². The molecule has 0 fully saturated rings. The van der Waals surface area contributed by atoms with Gasteiger partial charge in [-0.2, -0.15) is 11.3 Å². The second-order valence-electron chi connectivity index (χ2n) is 4.67. The van der Waals surface area contributed by atoms with Gasteiger partial charge < -0.3 is 11.1 Å². The molecule has 0 amide bonds. The smallest absolute Gasteiger partial charge is 0.193 e. The highest BCUT2D eigenvalue weighted by atomic mass is 32.1. The van der Waals surface area contributed by atoms with Gasteiger partial charge in [0.25, 0.3) is 0 Å². The van der Waals surface area contributed by atoms with Crippen molar-refractivity contribution in [1.29, 1.82) is 0 Å². The number of guanidine groups is 1. The van der Waals surface area contributed by atoms with Gasteiger partial charge in [0.05, 0.1) is 0 Å². The summed E-state index contributed by atoms with van der Waals surface area (Å²) in [7, 11) is 0. The zero-order valence-electron chi connectivity index (χ0n) is 11.3. The molecule has 3 nitrogen and oxygen atoms in total. The summed E-state index contributed by atoms with van der Waals surface area (Å²) in [6, 6.07) is 10.2. The number of benzene rings is 1. The Labute approximate surface area is 118 Å². The van der Waals surface area contributed by atoms with E-state index in [9.17, 15) is 0 Å². The highest BCUT2D eigenvalue weighted by molar-refractivity contribution is 7.07. The number of nitrogens with two attached hydrogens (primary N) is 1. The maximum atomic E-state index is 5.89. The van der Waals surface area contributed by atoms with Gasteiger partial charge in [0.2, 0.25) is 0 Å². The monoisotopic (exact) mass is 273 g/mol. The third kappa shape index (κ3) is 4.10. The minimum Gasteiger partial charge on any atom is -0.370 e. The van der Waals surface area contributed by atoms with Crippen LogP contribution >= 0.6 is 11.3 Å². The van der Waals surface area contributed by atoms with Crippen LogP contribution in [0.4, 0.5) is 5.69 Å². The van der Waals surface area contributed by atoms with E-state index in [1.807, 2.05) is 24.3 Å². The lowest BCUT2D eigenvalue weighted by atomic mass is 10.1. The standard InChI is InChI=1S/C15H19N3S/c1-11-3-5-14(6-4-11)18-15(16)17-9-12(2)13-7-8-19-10-13/h3-8,10,12H,9H2,1-2H3,(H3,16,17,18). The summed E-state index contributed by atoms with van der Waals surface area (Å²) in [6.45, 7) is 4.91. The summed E-state index contributed by atoms with van der Waals surface area (Å²) in [5, 5.41) is 7.34. The molecule has 4 heteroatoms. The molecule has 0 bridgehead atoms. The SMILES string of the molecule is Cc1ccc(NC(N)=NCC(C)c2ccsc2)cc1. The molecule has 1 heterocycles. The van der Waals surface area contributed by atoms with Crippen LogP contribution in [-0.2, 0) is 0 Å². The highest BCUT2D eigenvalue weighted by Crippen LogP contribution is 2.18. The van der Waals surface area contributed by atoms with Crippen molar-refractivity contribution in [3.63, 3.8) is 0 Å². The molecule has 0 aliphatic heterocycles. The quantitative estimate of drug-likeness (QED) is 0.660. The Balaban J connectivity index is 1.90. The number of nitrogens with zero attached hydrogens (tertiary/aromatic N) is 1. The number of anilines is 1. The summed E-state index contributed by atoms with van der Waals surface area (Å²) in [5.41, 5.74) is 9.40. The van der Waals surface area contributed by atoms with Crippen molar-refractivity contribution in [2.75, 3.05) is 11.9 Å². The van der Waals surface area contributed by atoms with E-state index in [1.165, 1.54) is 11.1 Å². The first-order chi connectivity index (χ1) is 9.15. The average Bonchev–Trinajstić information content (AvgIpc) is 2.93. The van der Waals surface area contributed by atoms with Crippen molar-refractivity contribution in [3.05, 3.63) is 52.2 Å². The summed E-state index contributed by atoms with van der Waals surface area (Å²) >= 11 is 1.71. The number of hydrogen-bond donors (Lipinski definition) is 2. The number of rotatable bonds is 4. The van der Waals surface area contributed by atoms with Crippen LogP contribution in [-0.4, -0.2) is 12.5 Å². The Morgan fingerprint density at radius 3 is 2.68 bits per heavy atom. The summed E-state index contributed by atoms with van der Waals surface area (Å²) < 4.78 is 0. The zero-order valence-corrected chi connectivity index (χ0v) is 12.1. The van der Waals surface area contributed by atoms with Crippen molar-refractivity contribution in [3.8, 4) is 0 Å². The lowest BCUT2D eigenvalue weighted by Crippen LogP contribution is -2.23. The lowest BCUT2D eigenvalue weighted by molar-refractivity contribution is 0.778. The Bertz CT molecular complexity index is 529. The number of thiophene rings is 1. The van der Waals surface area contributed by atoms with E-state index in [-0.39, 0.29) is 0 Å². The third-order valence-corrected chi connectivity index (χ3v) is 3.67. The van der Waals surface area contributed by atoms with E-state index in [0.29, 0.717) is 18.4 Å². The summed E-state index contributed by atoms with van der Waals surface area (Å²) in [5.74, 6) is 0.857. The predicted octanol–water partition coefficient (Wildman–Crippen LogP) is 3.59. The van der Waals surface area contributed by atoms with Crippen molar-refractivity contribution >= 4 is 23.0 Å². The Hall–Kier alpha value is -1.81. The van der Waals surface area contributed by atoms with Gasteiger partial charge in [0, 0.05) is 18.2 Å². The van der Waals surface area contributed by atoms with Crippen LogP contribution in [0.15, 0.2) is 46.1 Å². The van der Waals surface area contributed by atoms with Crippen LogP contribution in [0.25, 0.3) is 0 Å². The topological polar surface area (TPSA) is 50.4 Å². The maximum absolute atomic E-state index is 5.89. The van der Waals surface area contributed by atoms with E-state index >= 15 is 0 Å². The molecular formula is C15H19N3S. The molecule has 1 aromatic heterocycles. The lowest BCUT2D eigenvalue weighted by Gasteiger charge is -2.09. The van der Waals surface area contributed by atoms with Gasteiger partial charge in [0.1, 0.15) is 0 Å². The van der Waals surface area contributed by atoms with E-state index in [2.05, 4.69) is 41.0 Å². The first kappa shape index (κ1) is 13.6. The zero-order chi connectivity index (χ0) is 13.7. The van der Waals surface area contributed by atoms with Gasteiger partial charge in [-0.15, -0.1) is 0 Å². The molecule has 1 atom stereocenters. The normalized spacial score (nSPS) is 13.3. The van der Waals surface area contributed by atoms with E-state index in [4.69, 9.17) is 5.73 Å². The minimum atomic E-state index is 0.393. The molecule has 1 aromatic carbocycles. The predicted molar refractivity (Wildman–Crippen MR) is 84.0 cm³/mol. The second kappa shape index (κ2) is 6.38. The molecule has 2 rings (SSSR count). The van der Waals surface area contributed by atoms with E-state index in [1.54, 1.807) is 11.3 Å². The number of aliphatic imine (C=N–C) groups is 1. The first-order valence-electron chi connectivity index (χ1n) is 6.31. The van der Waals surface area contributed by atoms with E-state index in [0.717, 1.165) is 5.69 Å². The highest BCUT2D eigenvalue weighted by Gasteiger charge is 2.05. The van der Waals surface area contributed by atoms with Crippen LogP contribution in [0.5, 0.6) is 0 Å². The molecule has 2 aromatic rings. The number of nitrogens with one attached hydrogen (secondary N) is 1. The Morgan fingerprint density at radius 2 is 2.05 bits per heavy atom. The number of aryl methyl sites for hydroxylation is 1. The number of hydrogen-bond acceptors (Lipinski definition) is 2. The van der Waals surface area contributed by atoms with Gasteiger partial charge in [-0.3, -0.25) is 4.99 Å². The molecule has 3 N–H and O–H groups in total. The fourth-order valence-corrected chi connectivity index (χ4v) is 2.50. The molecule has 0 aliphatic rings. The largest absolute Gasteiger partial charge is 0.370 e. The van der Waals surface area contributed by atoms with Gasteiger partial charge in [0.15, 0.2) is 5.96 Å². The van der Waals surface area contributed by atoms with Gasteiger partial charge in [-0.25, -0.2) is 0 Å². The van der Waals surface area contributed by atoms with Crippen LogP contribution in [0, 0.1) is 6.92 Å². The van der Waals surface area contributed by atoms with Crippen molar-refractivity contribution in [2.45, 2.75) is 19.8 Å². The van der Waals surface area contributed by atoms with Crippen LogP contribution < -0.4 is 11.1 Å². The third-order valence-electron chi connectivity index (χ3n) is 2.97. The molecule has 0 saturated heterocycles.